The van der Waals surface area contributed by atoms with Crippen molar-refractivity contribution >= 4 is 21.4 Å². The summed E-state index contributed by atoms with van der Waals surface area (Å²) >= 11 is 1.96. The molecule has 0 bridgehead atoms. The number of likely N-dealkylation sites (N-methyl/N-ethyl adjacent to an activating group) is 1. The Labute approximate surface area is 113 Å². The van der Waals surface area contributed by atoms with Crippen LogP contribution in [-0.4, -0.2) is 43.0 Å². The zero-order valence-corrected chi connectivity index (χ0v) is 12.0. The standard InChI is InChI=1S/C15H20N2S/c1-12-4-3-5-13-10-14(18-15(12)13)11-17-8-6-16(2)7-9-17/h3-5,10H,6-9,11H2,1-2H3. The predicted octanol–water partition coefficient (Wildman–Crippen LogP) is 2.96. The fourth-order valence-electron chi connectivity index (χ4n) is 2.57. The van der Waals surface area contributed by atoms with E-state index in [0.29, 0.717) is 0 Å². The molecule has 96 valence electrons. The van der Waals surface area contributed by atoms with Gasteiger partial charge in [0.15, 0.2) is 0 Å². The summed E-state index contributed by atoms with van der Waals surface area (Å²) in [6.07, 6.45) is 0. The summed E-state index contributed by atoms with van der Waals surface area (Å²) in [6, 6.07) is 8.96. The quantitative estimate of drug-likeness (QED) is 0.819. The second-order valence-corrected chi connectivity index (χ2v) is 6.42. The Kier molecular flexibility index (Phi) is 3.37. The Hall–Kier alpha value is -0.900. The molecular weight excluding hydrogens is 240 g/mol. The number of fused-ring (bicyclic) bond motifs is 1. The van der Waals surface area contributed by atoms with Crippen molar-refractivity contribution in [2.45, 2.75) is 13.5 Å². The Bertz CT molecular complexity index is 538. The van der Waals surface area contributed by atoms with Gasteiger partial charge in [0.1, 0.15) is 0 Å². The molecule has 0 radical (unpaired) electrons. The molecule has 0 saturated carbocycles. The Morgan fingerprint density at radius 2 is 1.94 bits per heavy atom. The largest absolute Gasteiger partial charge is 0.304 e. The highest BCUT2D eigenvalue weighted by atomic mass is 32.1. The van der Waals surface area contributed by atoms with Crippen molar-refractivity contribution in [1.82, 2.24) is 9.80 Å². The van der Waals surface area contributed by atoms with Crippen molar-refractivity contribution in [2.75, 3.05) is 33.2 Å². The lowest BCUT2D eigenvalue weighted by Gasteiger charge is -2.31. The highest BCUT2D eigenvalue weighted by Crippen LogP contribution is 2.29. The lowest BCUT2D eigenvalue weighted by Crippen LogP contribution is -2.43. The molecule has 0 amide bonds. The summed E-state index contributed by atoms with van der Waals surface area (Å²) in [5.74, 6) is 0. The molecule has 1 aliphatic rings. The monoisotopic (exact) mass is 260 g/mol. The molecule has 2 nitrogen and oxygen atoms in total. The topological polar surface area (TPSA) is 6.48 Å². The van der Waals surface area contributed by atoms with Crippen LogP contribution in [0, 0.1) is 6.92 Å². The molecule has 2 aromatic rings. The average Bonchev–Trinajstić information content (AvgIpc) is 2.76. The molecule has 0 aliphatic carbocycles. The zero-order valence-electron chi connectivity index (χ0n) is 11.1. The smallest absolute Gasteiger partial charge is 0.0375 e. The van der Waals surface area contributed by atoms with E-state index < -0.39 is 0 Å². The van der Waals surface area contributed by atoms with Crippen LogP contribution in [0.25, 0.3) is 10.1 Å². The van der Waals surface area contributed by atoms with Crippen molar-refractivity contribution in [3.63, 3.8) is 0 Å². The summed E-state index contributed by atoms with van der Waals surface area (Å²) in [6.45, 7) is 8.12. The summed E-state index contributed by atoms with van der Waals surface area (Å²) in [7, 11) is 2.21. The van der Waals surface area contributed by atoms with E-state index in [1.54, 1.807) is 0 Å². The normalized spacial score (nSPS) is 18.6. The molecule has 0 atom stereocenters. The van der Waals surface area contributed by atoms with Crippen LogP contribution in [0.1, 0.15) is 10.4 Å². The van der Waals surface area contributed by atoms with Gasteiger partial charge in [-0.25, -0.2) is 0 Å². The molecule has 3 rings (SSSR count). The highest BCUT2D eigenvalue weighted by molar-refractivity contribution is 7.19. The van der Waals surface area contributed by atoms with Crippen LogP contribution in [0.3, 0.4) is 0 Å². The zero-order chi connectivity index (χ0) is 12.5. The highest BCUT2D eigenvalue weighted by Gasteiger charge is 2.15. The van der Waals surface area contributed by atoms with Gasteiger partial charge in [-0.15, -0.1) is 11.3 Å². The Morgan fingerprint density at radius 1 is 1.17 bits per heavy atom. The van der Waals surface area contributed by atoms with Gasteiger partial charge in [-0.1, -0.05) is 18.2 Å². The third-order valence-corrected chi connectivity index (χ3v) is 5.04. The molecule has 1 aliphatic heterocycles. The molecule has 1 aromatic heterocycles. The number of rotatable bonds is 2. The lowest BCUT2D eigenvalue weighted by molar-refractivity contribution is 0.149. The average molecular weight is 260 g/mol. The molecule has 1 fully saturated rings. The number of thiophene rings is 1. The van der Waals surface area contributed by atoms with Gasteiger partial charge >= 0.3 is 0 Å². The summed E-state index contributed by atoms with van der Waals surface area (Å²) in [5, 5.41) is 1.41. The number of benzene rings is 1. The van der Waals surface area contributed by atoms with Crippen LogP contribution in [0.4, 0.5) is 0 Å². The van der Waals surface area contributed by atoms with Gasteiger partial charge < -0.3 is 4.90 Å². The Balaban J connectivity index is 1.77. The molecule has 0 unspecified atom stereocenters. The van der Waals surface area contributed by atoms with E-state index in [1.165, 1.54) is 46.7 Å². The van der Waals surface area contributed by atoms with Crippen molar-refractivity contribution in [2.24, 2.45) is 0 Å². The van der Waals surface area contributed by atoms with E-state index in [9.17, 15) is 0 Å². The second kappa shape index (κ2) is 5.00. The van der Waals surface area contributed by atoms with Crippen molar-refractivity contribution in [3.05, 3.63) is 34.7 Å². The maximum Gasteiger partial charge on any atom is 0.0375 e. The fourth-order valence-corrected chi connectivity index (χ4v) is 3.74. The SMILES string of the molecule is Cc1cccc2cc(CN3CCN(C)CC3)sc12. The molecule has 18 heavy (non-hydrogen) atoms. The van der Waals surface area contributed by atoms with Gasteiger partial charge in [-0.3, -0.25) is 4.90 Å². The third kappa shape index (κ3) is 2.44. The molecular formula is C15H20N2S. The predicted molar refractivity (Wildman–Crippen MR) is 79.3 cm³/mol. The Morgan fingerprint density at radius 3 is 2.67 bits per heavy atom. The van der Waals surface area contributed by atoms with Crippen molar-refractivity contribution < 1.29 is 0 Å². The van der Waals surface area contributed by atoms with Crippen LogP contribution < -0.4 is 0 Å². The molecule has 0 N–H and O–H groups in total. The minimum Gasteiger partial charge on any atom is -0.304 e. The first-order valence-electron chi connectivity index (χ1n) is 6.61. The van der Waals surface area contributed by atoms with Gasteiger partial charge in [-0.2, -0.15) is 0 Å². The number of nitrogens with zero attached hydrogens (tertiary/aromatic N) is 2. The minimum absolute atomic E-state index is 1.12. The molecule has 2 heterocycles. The molecule has 3 heteroatoms. The molecule has 1 saturated heterocycles. The number of piperazine rings is 1. The first-order chi connectivity index (χ1) is 8.72. The van der Waals surface area contributed by atoms with Gasteiger partial charge in [-0.05, 0) is 31.0 Å². The van der Waals surface area contributed by atoms with Gasteiger partial charge in [0.05, 0.1) is 0 Å². The van der Waals surface area contributed by atoms with Crippen LogP contribution in [-0.2, 0) is 6.54 Å². The number of hydrogen-bond donors (Lipinski definition) is 0. The van der Waals surface area contributed by atoms with E-state index in [-0.39, 0.29) is 0 Å². The van der Waals surface area contributed by atoms with E-state index in [2.05, 4.69) is 48.0 Å². The van der Waals surface area contributed by atoms with Crippen LogP contribution >= 0.6 is 11.3 Å². The maximum atomic E-state index is 2.57. The van der Waals surface area contributed by atoms with Gasteiger partial charge in [0.2, 0.25) is 0 Å². The summed E-state index contributed by atoms with van der Waals surface area (Å²) in [5.41, 5.74) is 1.40. The minimum atomic E-state index is 1.12. The first kappa shape index (κ1) is 12.2. The number of aryl methyl sites for hydroxylation is 1. The maximum absolute atomic E-state index is 2.57. The lowest BCUT2D eigenvalue weighted by atomic mass is 10.2. The first-order valence-corrected chi connectivity index (χ1v) is 7.43. The van der Waals surface area contributed by atoms with E-state index in [4.69, 9.17) is 0 Å². The van der Waals surface area contributed by atoms with Crippen molar-refractivity contribution in [1.29, 1.82) is 0 Å². The molecule has 0 spiro atoms. The van der Waals surface area contributed by atoms with Gasteiger partial charge in [0, 0.05) is 42.3 Å². The van der Waals surface area contributed by atoms with Crippen LogP contribution in [0.2, 0.25) is 0 Å². The summed E-state index contributed by atoms with van der Waals surface area (Å²) in [4.78, 5) is 6.48. The second-order valence-electron chi connectivity index (χ2n) is 5.29. The van der Waals surface area contributed by atoms with Crippen molar-refractivity contribution in [3.8, 4) is 0 Å². The van der Waals surface area contributed by atoms with E-state index in [1.807, 2.05) is 11.3 Å². The van der Waals surface area contributed by atoms with Crippen LogP contribution in [0.5, 0.6) is 0 Å². The summed E-state index contributed by atoms with van der Waals surface area (Å²) < 4.78 is 1.46. The number of hydrogen-bond acceptors (Lipinski definition) is 3. The fraction of sp³-hybridized carbons (Fsp3) is 0.467. The van der Waals surface area contributed by atoms with E-state index >= 15 is 0 Å². The van der Waals surface area contributed by atoms with E-state index in [0.717, 1.165) is 6.54 Å². The third-order valence-electron chi connectivity index (χ3n) is 3.77. The molecule has 1 aromatic carbocycles. The van der Waals surface area contributed by atoms with Crippen LogP contribution in [0.15, 0.2) is 24.3 Å². The van der Waals surface area contributed by atoms with Gasteiger partial charge in [0.25, 0.3) is 0 Å².